The number of carbonyl (C=O) groups excluding carboxylic acids is 1. The van der Waals surface area contributed by atoms with Gasteiger partial charge in [0.25, 0.3) is 5.69 Å². The summed E-state index contributed by atoms with van der Waals surface area (Å²) in [6, 6.07) is 6.28. The molecule has 0 heterocycles. The fourth-order valence-electron chi connectivity index (χ4n) is 2.09. The Hall–Kier alpha value is -1.95. The third-order valence-corrected chi connectivity index (χ3v) is 3.59. The van der Waals surface area contributed by atoms with Crippen LogP contribution in [0.25, 0.3) is 0 Å². The molecule has 0 saturated carbocycles. The van der Waals surface area contributed by atoms with E-state index in [0.717, 1.165) is 18.4 Å². The molecule has 0 fully saturated rings. The summed E-state index contributed by atoms with van der Waals surface area (Å²) in [4.78, 5) is 24.1. The van der Waals surface area contributed by atoms with Crippen molar-refractivity contribution in [3.63, 3.8) is 0 Å². The first-order valence-electron chi connectivity index (χ1n) is 7.08. The Bertz CT molecular complexity index is 503. The Labute approximate surface area is 125 Å². The second-order valence-electron chi connectivity index (χ2n) is 5.40. The highest BCUT2D eigenvalue weighted by Gasteiger charge is 2.19. The first-order valence-corrected chi connectivity index (χ1v) is 7.08. The minimum absolute atomic E-state index is 0.0228. The molecule has 0 aliphatic carbocycles. The number of carbonyl (C=O) groups is 1. The van der Waals surface area contributed by atoms with Crippen LogP contribution < -0.4 is 5.73 Å². The van der Waals surface area contributed by atoms with Crippen molar-refractivity contribution in [3.8, 4) is 0 Å². The van der Waals surface area contributed by atoms with Crippen molar-refractivity contribution >= 4 is 11.6 Å². The van der Waals surface area contributed by atoms with Crippen LogP contribution in [0.15, 0.2) is 24.3 Å². The van der Waals surface area contributed by atoms with Crippen molar-refractivity contribution in [2.24, 2.45) is 5.73 Å². The van der Waals surface area contributed by atoms with E-state index in [0.29, 0.717) is 6.42 Å². The van der Waals surface area contributed by atoms with Gasteiger partial charge in [-0.3, -0.25) is 14.9 Å². The predicted molar refractivity (Wildman–Crippen MR) is 81.8 cm³/mol. The molecule has 2 atom stereocenters. The zero-order chi connectivity index (χ0) is 16.0. The summed E-state index contributed by atoms with van der Waals surface area (Å²) in [5.41, 5.74) is 6.46. The third-order valence-electron chi connectivity index (χ3n) is 3.59. The fourth-order valence-corrected chi connectivity index (χ4v) is 2.09. The maximum absolute atomic E-state index is 12.1. The van der Waals surface area contributed by atoms with Gasteiger partial charge in [-0.05, 0) is 32.3 Å². The number of non-ortho nitro benzene ring substituents is 1. The number of nitro benzene ring substituents is 1. The fraction of sp³-hybridized carbons (Fsp3) is 0.533. The summed E-state index contributed by atoms with van der Waals surface area (Å²) in [5, 5.41) is 10.8. The minimum atomic E-state index is -0.430. The van der Waals surface area contributed by atoms with E-state index in [9.17, 15) is 14.9 Å². The van der Waals surface area contributed by atoms with Crippen LogP contribution in [-0.4, -0.2) is 28.8 Å². The summed E-state index contributed by atoms with van der Waals surface area (Å²) in [5.74, 6) is 0.0228. The van der Waals surface area contributed by atoms with Gasteiger partial charge in [-0.15, -0.1) is 0 Å². The summed E-state index contributed by atoms with van der Waals surface area (Å²) >= 11 is 0. The first-order chi connectivity index (χ1) is 9.82. The molecular weight excluding hydrogens is 270 g/mol. The standard InChI is InChI=1S/C15H23N3O3/c1-11(16)6-4-9-15(19)17(3)12(2)13-7-5-8-14(10-13)18(20)21/h5,7-8,10-12H,4,6,9,16H2,1-3H3. The van der Waals surface area contributed by atoms with Crippen molar-refractivity contribution in [3.05, 3.63) is 39.9 Å². The average molecular weight is 293 g/mol. The third kappa shape index (κ3) is 5.15. The second-order valence-corrected chi connectivity index (χ2v) is 5.40. The molecule has 6 nitrogen and oxygen atoms in total. The van der Waals surface area contributed by atoms with E-state index in [-0.39, 0.29) is 23.7 Å². The van der Waals surface area contributed by atoms with Crippen molar-refractivity contribution in [2.45, 2.75) is 45.2 Å². The number of nitrogens with zero attached hydrogens (tertiary/aromatic N) is 2. The summed E-state index contributed by atoms with van der Waals surface area (Å²) in [6.45, 7) is 3.78. The second kappa shape index (κ2) is 7.73. The smallest absolute Gasteiger partial charge is 0.269 e. The first kappa shape index (κ1) is 17.1. The highest BCUT2D eigenvalue weighted by Crippen LogP contribution is 2.23. The number of benzene rings is 1. The van der Waals surface area contributed by atoms with Gasteiger partial charge in [-0.25, -0.2) is 0 Å². The summed E-state index contributed by atoms with van der Waals surface area (Å²) < 4.78 is 0. The summed E-state index contributed by atoms with van der Waals surface area (Å²) in [7, 11) is 1.72. The number of hydrogen-bond donors (Lipinski definition) is 1. The molecule has 2 N–H and O–H groups in total. The van der Waals surface area contributed by atoms with Crippen molar-refractivity contribution < 1.29 is 9.72 Å². The van der Waals surface area contributed by atoms with Gasteiger partial charge >= 0.3 is 0 Å². The van der Waals surface area contributed by atoms with Gasteiger partial charge in [-0.2, -0.15) is 0 Å². The molecule has 0 aromatic heterocycles. The normalized spacial score (nSPS) is 13.5. The maximum atomic E-state index is 12.1. The Morgan fingerprint density at radius 3 is 2.67 bits per heavy atom. The van der Waals surface area contributed by atoms with E-state index < -0.39 is 4.92 Å². The predicted octanol–water partition coefficient (Wildman–Crippen LogP) is 2.63. The van der Waals surface area contributed by atoms with E-state index in [1.165, 1.54) is 12.1 Å². The minimum Gasteiger partial charge on any atom is -0.339 e. The van der Waals surface area contributed by atoms with Crippen LogP contribution in [0.5, 0.6) is 0 Å². The van der Waals surface area contributed by atoms with E-state index in [2.05, 4.69) is 0 Å². The van der Waals surface area contributed by atoms with Crippen LogP contribution in [-0.2, 0) is 4.79 Å². The van der Waals surface area contributed by atoms with Crippen LogP contribution in [0.3, 0.4) is 0 Å². The molecule has 1 amide bonds. The molecule has 0 bridgehead atoms. The number of nitro groups is 1. The quantitative estimate of drug-likeness (QED) is 0.618. The van der Waals surface area contributed by atoms with Gasteiger partial charge in [0.1, 0.15) is 0 Å². The molecule has 116 valence electrons. The highest BCUT2D eigenvalue weighted by atomic mass is 16.6. The molecule has 0 spiro atoms. The largest absolute Gasteiger partial charge is 0.339 e. The van der Waals surface area contributed by atoms with Gasteiger partial charge in [-0.1, -0.05) is 12.1 Å². The average Bonchev–Trinajstić information content (AvgIpc) is 2.45. The van der Waals surface area contributed by atoms with E-state index in [1.54, 1.807) is 24.1 Å². The van der Waals surface area contributed by atoms with Crippen molar-refractivity contribution in [1.29, 1.82) is 0 Å². The Balaban J connectivity index is 2.68. The number of nitrogens with two attached hydrogens (primary N) is 1. The Morgan fingerprint density at radius 2 is 2.10 bits per heavy atom. The number of hydrogen-bond acceptors (Lipinski definition) is 4. The highest BCUT2D eigenvalue weighted by molar-refractivity contribution is 5.76. The molecule has 0 aliphatic heterocycles. The Morgan fingerprint density at radius 1 is 1.43 bits per heavy atom. The van der Waals surface area contributed by atoms with Crippen LogP contribution in [0, 0.1) is 10.1 Å². The molecule has 1 rings (SSSR count). The van der Waals surface area contributed by atoms with Gasteiger partial charge in [0.2, 0.25) is 5.91 Å². The van der Waals surface area contributed by atoms with Crippen LogP contribution in [0.4, 0.5) is 5.69 Å². The van der Waals surface area contributed by atoms with E-state index in [1.807, 2.05) is 13.8 Å². The van der Waals surface area contributed by atoms with E-state index >= 15 is 0 Å². The van der Waals surface area contributed by atoms with Crippen LogP contribution >= 0.6 is 0 Å². The molecule has 1 aromatic carbocycles. The van der Waals surface area contributed by atoms with Gasteiger partial charge in [0.15, 0.2) is 0 Å². The maximum Gasteiger partial charge on any atom is 0.269 e. The van der Waals surface area contributed by atoms with Gasteiger partial charge in [0, 0.05) is 31.6 Å². The molecule has 0 saturated heterocycles. The molecular formula is C15H23N3O3. The van der Waals surface area contributed by atoms with Gasteiger partial charge in [0.05, 0.1) is 11.0 Å². The summed E-state index contributed by atoms with van der Waals surface area (Å²) in [6.07, 6.45) is 2.00. The topological polar surface area (TPSA) is 89.5 Å². The molecule has 2 unspecified atom stereocenters. The van der Waals surface area contributed by atoms with Crippen molar-refractivity contribution in [2.75, 3.05) is 7.05 Å². The van der Waals surface area contributed by atoms with Crippen molar-refractivity contribution in [1.82, 2.24) is 4.90 Å². The van der Waals surface area contributed by atoms with Gasteiger partial charge < -0.3 is 10.6 Å². The molecule has 1 aromatic rings. The van der Waals surface area contributed by atoms with Crippen LogP contribution in [0.1, 0.15) is 44.7 Å². The monoisotopic (exact) mass is 293 g/mol. The molecule has 0 aliphatic rings. The number of rotatable bonds is 7. The van der Waals surface area contributed by atoms with E-state index in [4.69, 9.17) is 5.73 Å². The van der Waals surface area contributed by atoms with Crippen LogP contribution in [0.2, 0.25) is 0 Å². The SMILES string of the molecule is CC(N)CCCC(=O)N(C)C(C)c1cccc([N+](=O)[O-])c1. The lowest BCUT2D eigenvalue weighted by Gasteiger charge is -2.25. The molecule has 6 heteroatoms. The zero-order valence-electron chi connectivity index (χ0n) is 12.8. The Kier molecular flexibility index (Phi) is 6.30. The lowest BCUT2D eigenvalue weighted by Crippen LogP contribution is -2.29. The molecule has 0 radical (unpaired) electrons. The molecule has 21 heavy (non-hydrogen) atoms. The zero-order valence-corrected chi connectivity index (χ0v) is 12.8. The lowest BCUT2D eigenvalue weighted by atomic mass is 10.1. The number of amides is 1. The lowest BCUT2D eigenvalue weighted by molar-refractivity contribution is -0.384.